The lowest BCUT2D eigenvalue weighted by Crippen LogP contribution is -2.11. The molecule has 1 aromatic heterocycles. The van der Waals surface area contributed by atoms with Gasteiger partial charge in [0, 0.05) is 11.1 Å². The predicted molar refractivity (Wildman–Crippen MR) is 69.0 cm³/mol. The molecule has 0 spiro atoms. The largest absolute Gasteiger partial charge is 0.433 e. The summed E-state index contributed by atoms with van der Waals surface area (Å²) in [4.78, 5) is 23.2. The first-order valence-corrected chi connectivity index (χ1v) is 6.00. The number of hydrogen-bond acceptors (Lipinski definition) is 3. The van der Waals surface area contributed by atoms with Gasteiger partial charge in [0.1, 0.15) is 5.69 Å². The molecular weight excluding hydrogens is 285 g/mol. The van der Waals surface area contributed by atoms with Gasteiger partial charge < -0.3 is 0 Å². The Labute approximate surface area is 118 Å². The molecule has 7 heteroatoms. The van der Waals surface area contributed by atoms with E-state index < -0.39 is 23.2 Å². The Hall–Kier alpha value is -2.44. The van der Waals surface area contributed by atoms with Crippen LogP contribution in [-0.4, -0.2) is 21.8 Å². The second kappa shape index (κ2) is 5.16. The van der Waals surface area contributed by atoms with Crippen molar-refractivity contribution in [2.75, 3.05) is 0 Å². The molecule has 0 amide bonds. The molecule has 0 fully saturated rings. The summed E-state index contributed by atoms with van der Waals surface area (Å²) in [5.41, 5.74) is -1.53. The number of ketones is 2. The van der Waals surface area contributed by atoms with Crippen molar-refractivity contribution in [1.29, 1.82) is 0 Å². The Kier molecular flexibility index (Phi) is 3.67. The number of nitrogens with zero attached hydrogens (tertiary/aromatic N) is 1. The van der Waals surface area contributed by atoms with E-state index in [-0.39, 0.29) is 22.6 Å². The van der Waals surface area contributed by atoms with Gasteiger partial charge in [0.15, 0.2) is 17.3 Å². The van der Waals surface area contributed by atoms with Gasteiger partial charge in [-0.25, -0.2) is 0 Å². The van der Waals surface area contributed by atoms with Gasteiger partial charge in [0.2, 0.25) is 0 Å². The summed E-state index contributed by atoms with van der Waals surface area (Å²) in [6.45, 7) is 2.32. The molecule has 4 nitrogen and oxygen atoms in total. The number of carbonyl (C=O) groups excluding carboxylic acids is 2. The fourth-order valence-corrected chi connectivity index (χ4v) is 2.08. The maximum atomic E-state index is 12.9. The van der Waals surface area contributed by atoms with Crippen molar-refractivity contribution in [1.82, 2.24) is 10.2 Å². The quantitative estimate of drug-likeness (QED) is 0.882. The second-order valence-corrected chi connectivity index (χ2v) is 4.48. The zero-order valence-electron chi connectivity index (χ0n) is 11.2. The topological polar surface area (TPSA) is 62.8 Å². The van der Waals surface area contributed by atoms with E-state index in [1.807, 2.05) is 5.10 Å². The van der Waals surface area contributed by atoms with Gasteiger partial charge in [0.25, 0.3) is 0 Å². The van der Waals surface area contributed by atoms with Crippen molar-refractivity contribution in [2.45, 2.75) is 20.0 Å². The van der Waals surface area contributed by atoms with Crippen molar-refractivity contribution in [3.63, 3.8) is 0 Å². The fourth-order valence-electron chi connectivity index (χ4n) is 2.08. The minimum Gasteiger partial charge on any atom is -0.294 e. The summed E-state index contributed by atoms with van der Waals surface area (Å²) >= 11 is 0. The van der Waals surface area contributed by atoms with E-state index in [9.17, 15) is 22.8 Å². The first kappa shape index (κ1) is 15.0. The number of aromatic nitrogens is 2. The predicted octanol–water partition coefficient (Wildman–Crippen LogP) is 3.50. The molecule has 21 heavy (non-hydrogen) atoms. The van der Waals surface area contributed by atoms with Crippen molar-refractivity contribution in [2.24, 2.45) is 0 Å². The van der Waals surface area contributed by atoms with Gasteiger partial charge >= 0.3 is 6.18 Å². The number of H-pyrrole nitrogens is 1. The molecule has 0 saturated carbocycles. The highest BCUT2D eigenvalue weighted by atomic mass is 19.4. The molecule has 0 bridgehead atoms. The third kappa shape index (κ3) is 2.72. The van der Waals surface area contributed by atoms with Gasteiger partial charge in [-0.15, -0.1) is 0 Å². The standard InChI is InChI=1S/C14H11F3N2O2/c1-7(20)9-5-3-4-6-10(9)12-11(8(2)21)13(19-18-12)14(15,16)17/h3-6H,1-2H3,(H,18,19). The van der Waals surface area contributed by atoms with E-state index in [2.05, 4.69) is 5.10 Å². The summed E-state index contributed by atoms with van der Waals surface area (Å²) in [5, 5.41) is 5.45. The van der Waals surface area contributed by atoms with Crippen LogP contribution in [0.15, 0.2) is 24.3 Å². The van der Waals surface area contributed by atoms with Crippen LogP contribution < -0.4 is 0 Å². The van der Waals surface area contributed by atoms with Crippen LogP contribution in [0.3, 0.4) is 0 Å². The maximum Gasteiger partial charge on any atom is 0.433 e. The normalized spacial score (nSPS) is 11.5. The Morgan fingerprint density at radius 2 is 1.71 bits per heavy atom. The third-order valence-electron chi connectivity index (χ3n) is 2.96. The minimum atomic E-state index is -4.72. The molecule has 1 aromatic carbocycles. The summed E-state index contributed by atoms with van der Waals surface area (Å²) in [6, 6.07) is 6.08. The molecule has 0 atom stereocenters. The van der Waals surface area contributed by atoms with Crippen molar-refractivity contribution in [3.05, 3.63) is 41.1 Å². The first-order valence-electron chi connectivity index (χ1n) is 6.00. The zero-order valence-corrected chi connectivity index (χ0v) is 11.2. The number of nitrogens with one attached hydrogen (secondary N) is 1. The van der Waals surface area contributed by atoms with E-state index in [4.69, 9.17) is 0 Å². The number of halogens is 3. The maximum absolute atomic E-state index is 12.9. The highest BCUT2D eigenvalue weighted by Crippen LogP contribution is 2.36. The van der Waals surface area contributed by atoms with E-state index in [0.29, 0.717) is 0 Å². The van der Waals surface area contributed by atoms with Crippen LogP contribution in [0.25, 0.3) is 11.3 Å². The Balaban J connectivity index is 2.75. The van der Waals surface area contributed by atoms with Crippen LogP contribution in [0, 0.1) is 0 Å². The highest BCUT2D eigenvalue weighted by molar-refractivity contribution is 6.06. The van der Waals surface area contributed by atoms with Crippen molar-refractivity contribution in [3.8, 4) is 11.3 Å². The molecule has 1 heterocycles. The van der Waals surface area contributed by atoms with Crippen LogP contribution in [0.5, 0.6) is 0 Å². The van der Waals surface area contributed by atoms with Crippen LogP contribution in [0.1, 0.15) is 40.3 Å². The molecule has 2 rings (SSSR count). The van der Waals surface area contributed by atoms with Crippen LogP contribution >= 0.6 is 0 Å². The van der Waals surface area contributed by atoms with Gasteiger partial charge in [-0.2, -0.15) is 18.3 Å². The average molecular weight is 296 g/mol. The molecular formula is C14H11F3N2O2. The zero-order chi connectivity index (χ0) is 15.8. The number of Topliss-reactive ketones (excluding diaryl/α,β-unsaturated/α-hetero) is 2. The number of aromatic amines is 1. The lowest BCUT2D eigenvalue weighted by atomic mass is 9.97. The molecule has 0 unspecified atom stereocenters. The number of rotatable bonds is 3. The van der Waals surface area contributed by atoms with Gasteiger partial charge in [-0.05, 0) is 13.8 Å². The SMILES string of the molecule is CC(=O)c1ccccc1-c1n[nH]c(C(F)(F)F)c1C(C)=O. The van der Waals surface area contributed by atoms with E-state index in [1.165, 1.54) is 19.1 Å². The molecule has 2 aromatic rings. The van der Waals surface area contributed by atoms with Gasteiger partial charge in [-0.1, -0.05) is 24.3 Å². The Morgan fingerprint density at radius 1 is 1.10 bits per heavy atom. The fraction of sp³-hybridized carbons (Fsp3) is 0.214. The molecule has 110 valence electrons. The monoisotopic (exact) mass is 296 g/mol. The number of benzene rings is 1. The van der Waals surface area contributed by atoms with Crippen LogP contribution in [0.2, 0.25) is 0 Å². The molecule has 0 radical (unpaired) electrons. The summed E-state index contributed by atoms with van der Waals surface area (Å²) in [5.74, 6) is -1.10. The highest BCUT2D eigenvalue weighted by Gasteiger charge is 2.39. The molecule has 0 saturated heterocycles. The molecule has 0 aliphatic carbocycles. The van der Waals surface area contributed by atoms with Gasteiger partial charge in [0.05, 0.1) is 5.56 Å². The summed E-state index contributed by atoms with van der Waals surface area (Å²) in [7, 11) is 0. The number of carbonyl (C=O) groups is 2. The molecule has 1 N–H and O–H groups in total. The van der Waals surface area contributed by atoms with Crippen molar-refractivity contribution >= 4 is 11.6 Å². The van der Waals surface area contributed by atoms with Crippen LogP contribution in [-0.2, 0) is 6.18 Å². The number of alkyl halides is 3. The van der Waals surface area contributed by atoms with E-state index in [1.54, 1.807) is 12.1 Å². The minimum absolute atomic E-state index is 0.166. The third-order valence-corrected chi connectivity index (χ3v) is 2.96. The summed E-state index contributed by atoms with van der Waals surface area (Å²) < 4.78 is 38.7. The van der Waals surface area contributed by atoms with Crippen molar-refractivity contribution < 1.29 is 22.8 Å². The smallest absolute Gasteiger partial charge is 0.294 e. The lowest BCUT2D eigenvalue weighted by Gasteiger charge is -2.08. The Bertz CT molecular complexity index is 717. The molecule has 0 aliphatic rings. The second-order valence-electron chi connectivity index (χ2n) is 4.48. The first-order chi connectivity index (χ1) is 9.73. The average Bonchev–Trinajstić information content (AvgIpc) is 2.83. The van der Waals surface area contributed by atoms with E-state index in [0.717, 1.165) is 6.92 Å². The van der Waals surface area contributed by atoms with Gasteiger partial charge in [-0.3, -0.25) is 14.7 Å². The number of hydrogen-bond donors (Lipinski definition) is 1. The van der Waals surface area contributed by atoms with Crippen LogP contribution in [0.4, 0.5) is 13.2 Å². The Morgan fingerprint density at radius 3 is 2.24 bits per heavy atom. The molecule has 0 aliphatic heterocycles. The lowest BCUT2D eigenvalue weighted by molar-refractivity contribution is -0.141. The summed E-state index contributed by atoms with van der Waals surface area (Å²) in [6.07, 6.45) is -4.72. The van der Waals surface area contributed by atoms with E-state index >= 15 is 0 Å².